The van der Waals surface area contributed by atoms with Crippen molar-refractivity contribution in [2.24, 2.45) is 0 Å². The molecule has 0 aliphatic carbocycles. The largest absolute Gasteiger partial charge is 0.435 e. The van der Waals surface area contributed by atoms with Crippen molar-refractivity contribution in [2.75, 3.05) is 19.5 Å². The molecule has 3 nitrogen and oxygen atoms in total. The fourth-order valence-electron chi connectivity index (χ4n) is 2.18. The molecule has 0 fully saturated rings. The molecule has 0 saturated carbocycles. The van der Waals surface area contributed by atoms with Crippen molar-refractivity contribution in [3.05, 3.63) is 47.3 Å². The highest BCUT2D eigenvalue weighted by Gasteiger charge is 2.14. The van der Waals surface area contributed by atoms with E-state index in [9.17, 15) is 13.2 Å². The molecule has 0 radical (unpaired) electrons. The number of nitrogen functional groups attached to an aromatic ring is 1. The van der Waals surface area contributed by atoms with Crippen LogP contribution in [0.3, 0.4) is 0 Å². The summed E-state index contributed by atoms with van der Waals surface area (Å²) in [7, 11) is 1.48. The van der Waals surface area contributed by atoms with Crippen LogP contribution in [-0.4, -0.2) is 20.3 Å². The van der Waals surface area contributed by atoms with E-state index in [0.29, 0.717) is 11.1 Å². The Morgan fingerprint density at radius 3 is 2.58 bits per heavy atom. The Labute approximate surface area is 138 Å². The first-order valence-corrected chi connectivity index (χ1v) is 7.05. The average molecular weight is 335 g/mol. The number of rotatable bonds is 4. The quantitative estimate of drug-likeness (QED) is 0.679. The van der Waals surface area contributed by atoms with Gasteiger partial charge in [-0.25, -0.2) is 4.39 Å². The van der Waals surface area contributed by atoms with E-state index in [1.54, 1.807) is 19.1 Å². The van der Waals surface area contributed by atoms with E-state index >= 15 is 0 Å². The van der Waals surface area contributed by atoms with Crippen LogP contribution in [0.25, 0.3) is 11.1 Å². The standard InChI is InChI=1S/C18H16F3NO2/c1-11-10-12(5-8-16(11)24-18(20)21)13-6-7-15(22)14(17(13)19)4-3-9-23-2/h5-8,10,18H,9,22H2,1-2H3. The molecule has 0 amide bonds. The lowest BCUT2D eigenvalue weighted by molar-refractivity contribution is -0.0502. The van der Waals surface area contributed by atoms with Crippen LogP contribution in [0, 0.1) is 24.6 Å². The molecule has 0 aliphatic heterocycles. The lowest BCUT2D eigenvalue weighted by Crippen LogP contribution is -2.03. The predicted octanol–water partition coefficient (Wildman–Crippen LogP) is 3.98. The van der Waals surface area contributed by atoms with Gasteiger partial charge in [0.2, 0.25) is 0 Å². The molecule has 2 aromatic rings. The predicted molar refractivity (Wildman–Crippen MR) is 86.4 cm³/mol. The van der Waals surface area contributed by atoms with Gasteiger partial charge >= 0.3 is 6.61 Å². The van der Waals surface area contributed by atoms with Gasteiger partial charge in [-0.3, -0.25) is 0 Å². The first kappa shape index (κ1) is 17.7. The highest BCUT2D eigenvalue weighted by atomic mass is 19.3. The fraction of sp³-hybridized carbons (Fsp3) is 0.222. The summed E-state index contributed by atoms with van der Waals surface area (Å²) in [6.07, 6.45) is 0. The Balaban J connectivity index is 2.45. The first-order valence-electron chi connectivity index (χ1n) is 7.05. The van der Waals surface area contributed by atoms with E-state index in [1.807, 2.05) is 0 Å². The molecule has 6 heteroatoms. The van der Waals surface area contributed by atoms with E-state index < -0.39 is 12.4 Å². The van der Waals surface area contributed by atoms with Crippen LogP contribution >= 0.6 is 0 Å². The van der Waals surface area contributed by atoms with Gasteiger partial charge in [-0.15, -0.1) is 0 Å². The lowest BCUT2D eigenvalue weighted by atomic mass is 9.99. The normalized spacial score (nSPS) is 10.4. The summed E-state index contributed by atoms with van der Waals surface area (Å²) in [6.45, 7) is -1.15. The van der Waals surface area contributed by atoms with E-state index in [-0.39, 0.29) is 29.2 Å². The Morgan fingerprint density at radius 2 is 1.96 bits per heavy atom. The Morgan fingerprint density at radius 1 is 1.21 bits per heavy atom. The van der Waals surface area contributed by atoms with Crippen molar-refractivity contribution >= 4 is 5.69 Å². The summed E-state index contributed by atoms with van der Waals surface area (Å²) in [5.41, 5.74) is 7.33. The number of aryl methyl sites for hydroxylation is 1. The molecule has 0 aromatic heterocycles. The van der Waals surface area contributed by atoms with Gasteiger partial charge in [-0.05, 0) is 42.3 Å². The van der Waals surface area contributed by atoms with Crippen molar-refractivity contribution in [3.8, 4) is 28.7 Å². The third-order valence-electron chi connectivity index (χ3n) is 3.31. The molecular weight excluding hydrogens is 319 g/mol. The number of halogens is 3. The first-order chi connectivity index (χ1) is 11.4. The molecule has 126 valence electrons. The molecule has 0 aliphatic rings. The molecule has 0 atom stereocenters. The zero-order chi connectivity index (χ0) is 17.7. The highest BCUT2D eigenvalue weighted by molar-refractivity contribution is 5.72. The molecule has 0 spiro atoms. The van der Waals surface area contributed by atoms with Crippen LogP contribution in [0.15, 0.2) is 30.3 Å². The van der Waals surface area contributed by atoms with E-state index in [1.165, 1.54) is 25.3 Å². The molecule has 2 rings (SSSR count). The van der Waals surface area contributed by atoms with Crippen molar-refractivity contribution in [2.45, 2.75) is 13.5 Å². The Bertz CT molecular complexity index is 795. The third-order valence-corrected chi connectivity index (χ3v) is 3.31. The van der Waals surface area contributed by atoms with Crippen LogP contribution in [0.2, 0.25) is 0 Å². The van der Waals surface area contributed by atoms with Crippen molar-refractivity contribution in [1.29, 1.82) is 0 Å². The maximum atomic E-state index is 14.7. The number of hydrogen-bond acceptors (Lipinski definition) is 3. The number of anilines is 1. The van der Waals surface area contributed by atoms with Crippen molar-refractivity contribution in [1.82, 2.24) is 0 Å². The molecule has 0 heterocycles. The number of methoxy groups -OCH3 is 1. The van der Waals surface area contributed by atoms with Gasteiger partial charge in [0.15, 0.2) is 0 Å². The fourth-order valence-corrected chi connectivity index (χ4v) is 2.18. The zero-order valence-electron chi connectivity index (χ0n) is 13.2. The molecule has 2 aromatic carbocycles. The molecule has 0 bridgehead atoms. The van der Waals surface area contributed by atoms with Crippen LogP contribution in [-0.2, 0) is 4.74 Å². The Hall–Kier alpha value is -2.65. The molecule has 0 unspecified atom stereocenters. The van der Waals surface area contributed by atoms with Gasteiger partial charge < -0.3 is 15.2 Å². The second-order valence-corrected chi connectivity index (χ2v) is 4.98. The molecule has 24 heavy (non-hydrogen) atoms. The van der Waals surface area contributed by atoms with E-state index in [0.717, 1.165) is 0 Å². The summed E-state index contributed by atoms with van der Waals surface area (Å²) in [5.74, 6) is 4.78. The number of hydrogen-bond donors (Lipinski definition) is 1. The highest BCUT2D eigenvalue weighted by Crippen LogP contribution is 2.31. The third kappa shape index (κ3) is 4.00. The molecule has 0 saturated heterocycles. The number of alkyl halides is 2. The lowest BCUT2D eigenvalue weighted by Gasteiger charge is -2.11. The molecular formula is C18H16F3NO2. The monoisotopic (exact) mass is 335 g/mol. The summed E-state index contributed by atoms with van der Waals surface area (Å²) in [6, 6.07) is 7.52. The van der Waals surface area contributed by atoms with Crippen LogP contribution in [0.1, 0.15) is 11.1 Å². The average Bonchev–Trinajstić information content (AvgIpc) is 2.52. The summed E-state index contributed by atoms with van der Waals surface area (Å²) < 4.78 is 48.5. The maximum absolute atomic E-state index is 14.7. The minimum Gasteiger partial charge on any atom is -0.435 e. The number of ether oxygens (including phenoxy) is 2. The van der Waals surface area contributed by atoms with Crippen LogP contribution in [0.4, 0.5) is 18.9 Å². The topological polar surface area (TPSA) is 44.5 Å². The number of nitrogens with two attached hydrogens (primary N) is 1. The summed E-state index contributed by atoms with van der Waals surface area (Å²) in [4.78, 5) is 0. The van der Waals surface area contributed by atoms with Gasteiger partial charge in [-0.2, -0.15) is 8.78 Å². The van der Waals surface area contributed by atoms with E-state index in [2.05, 4.69) is 16.6 Å². The smallest absolute Gasteiger partial charge is 0.387 e. The van der Waals surface area contributed by atoms with Gasteiger partial charge in [0.25, 0.3) is 0 Å². The molecule has 2 N–H and O–H groups in total. The number of benzene rings is 2. The van der Waals surface area contributed by atoms with E-state index in [4.69, 9.17) is 10.5 Å². The SMILES string of the molecule is COCC#Cc1c(N)ccc(-c2ccc(OC(F)F)c(C)c2)c1F. The minimum atomic E-state index is -2.91. The van der Waals surface area contributed by atoms with Gasteiger partial charge in [0.05, 0.1) is 11.3 Å². The summed E-state index contributed by atoms with van der Waals surface area (Å²) >= 11 is 0. The van der Waals surface area contributed by atoms with Crippen molar-refractivity contribution in [3.63, 3.8) is 0 Å². The van der Waals surface area contributed by atoms with Gasteiger partial charge in [0.1, 0.15) is 18.2 Å². The Kier molecular flexibility index (Phi) is 5.72. The second kappa shape index (κ2) is 7.75. The van der Waals surface area contributed by atoms with Gasteiger partial charge in [-0.1, -0.05) is 17.9 Å². The minimum absolute atomic E-state index is 0.0460. The maximum Gasteiger partial charge on any atom is 0.387 e. The van der Waals surface area contributed by atoms with Crippen molar-refractivity contribution < 1.29 is 22.6 Å². The second-order valence-electron chi connectivity index (χ2n) is 4.98. The van der Waals surface area contributed by atoms with Gasteiger partial charge in [0, 0.05) is 12.7 Å². The van der Waals surface area contributed by atoms with Crippen LogP contribution in [0.5, 0.6) is 5.75 Å². The summed E-state index contributed by atoms with van der Waals surface area (Å²) in [5, 5.41) is 0. The van der Waals surface area contributed by atoms with Crippen LogP contribution < -0.4 is 10.5 Å². The zero-order valence-corrected chi connectivity index (χ0v) is 13.2.